The van der Waals surface area contributed by atoms with Crippen molar-refractivity contribution in [3.63, 3.8) is 0 Å². The van der Waals surface area contributed by atoms with Crippen LogP contribution in [0.15, 0.2) is 29.2 Å². The average molecular weight is 246 g/mol. The van der Waals surface area contributed by atoms with Gasteiger partial charge in [0, 0.05) is 12.3 Å². The lowest BCUT2D eigenvalue weighted by atomic mass is 10.1. The van der Waals surface area contributed by atoms with Crippen LogP contribution in [0.3, 0.4) is 0 Å². The second-order valence-electron chi connectivity index (χ2n) is 4.23. The molecular formula is C13H14N2OS. The third-order valence-electron chi connectivity index (χ3n) is 2.70. The Hall–Kier alpha value is -1.68. The van der Waals surface area contributed by atoms with Crippen molar-refractivity contribution < 1.29 is 0 Å². The van der Waals surface area contributed by atoms with Crippen molar-refractivity contribution in [1.82, 2.24) is 9.55 Å². The fraction of sp³-hybridized carbons (Fsp3) is 0.231. The molecule has 0 amide bonds. The molecule has 0 saturated heterocycles. The zero-order valence-electron chi connectivity index (χ0n) is 10.1. The van der Waals surface area contributed by atoms with E-state index in [0.29, 0.717) is 4.77 Å². The van der Waals surface area contributed by atoms with Gasteiger partial charge in [-0.15, -0.1) is 0 Å². The molecule has 1 heterocycles. The van der Waals surface area contributed by atoms with Crippen LogP contribution in [-0.2, 0) is 0 Å². The molecule has 0 atom stereocenters. The number of rotatable bonds is 1. The maximum absolute atomic E-state index is 11.2. The van der Waals surface area contributed by atoms with E-state index in [2.05, 4.69) is 24.0 Å². The van der Waals surface area contributed by atoms with Crippen LogP contribution in [-0.4, -0.2) is 9.55 Å². The highest BCUT2D eigenvalue weighted by atomic mass is 32.1. The Labute approximate surface area is 105 Å². The van der Waals surface area contributed by atoms with Gasteiger partial charge in [-0.25, -0.2) is 0 Å². The SMILES string of the molecule is Cc1cc(C)c(-n2ccc(=O)[nH]c2=S)c(C)c1. The van der Waals surface area contributed by atoms with E-state index in [9.17, 15) is 4.79 Å². The van der Waals surface area contributed by atoms with Gasteiger partial charge in [0.15, 0.2) is 4.77 Å². The first-order valence-corrected chi connectivity index (χ1v) is 5.80. The van der Waals surface area contributed by atoms with E-state index in [1.807, 2.05) is 18.4 Å². The minimum atomic E-state index is -0.173. The molecular weight excluding hydrogens is 232 g/mol. The summed E-state index contributed by atoms with van der Waals surface area (Å²) in [6.45, 7) is 6.15. The summed E-state index contributed by atoms with van der Waals surface area (Å²) in [7, 11) is 0. The summed E-state index contributed by atoms with van der Waals surface area (Å²) in [4.78, 5) is 13.8. The van der Waals surface area contributed by atoms with E-state index in [0.717, 1.165) is 16.8 Å². The first-order valence-electron chi connectivity index (χ1n) is 5.39. The van der Waals surface area contributed by atoms with Crippen LogP contribution in [0.2, 0.25) is 0 Å². The molecule has 2 rings (SSSR count). The number of hydrogen-bond acceptors (Lipinski definition) is 2. The van der Waals surface area contributed by atoms with Gasteiger partial charge in [0.1, 0.15) is 0 Å². The second kappa shape index (κ2) is 4.30. The Kier molecular flexibility index (Phi) is 2.98. The minimum absolute atomic E-state index is 0.173. The number of H-pyrrole nitrogens is 1. The molecule has 0 spiro atoms. The van der Waals surface area contributed by atoms with Crippen molar-refractivity contribution in [1.29, 1.82) is 0 Å². The van der Waals surface area contributed by atoms with E-state index < -0.39 is 0 Å². The summed E-state index contributed by atoms with van der Waals surface area (Å²) in [5.74, 6) is 0. The number of hydrogen-bond donors (Lipinski definition) is 1. The molecule has 3 nitrogen and oxygen atoms in total. The predicted molar refractivity (Wildman–Crippen MR) is 71.4 cm³/mol. The molecule has 88 valence electrons. The third-order valence-corrected chi connectivity index (χ3v) is 3.00. The van der Waals surface area contributed by atoms with Crippen LogP contribution >= 0.6 is 12.2 Å². The molecule has 0 saturated carbocycles. The first-order chi connectivity index (χ1) is 7.99. The van der Waals surface area contributed by atoms with Crippen LogP contribution in [0.25, 0.3) is 5.69 Å². The van der Waals surface area contributed by atoms with Gasteiger partial charge >= 0.3 is 0 Å². The standard InChI is InChI=1S/C13H14N2OS/c1-8-6-9(2)12(10(3)7-8)15-5-4-11(16)14-13(15)17/h4-7H,1-3H3,(H,14,16,17). The number of aromatic nitrogens is 2. The zero-order valence-corrected chi connectivity index (χ0v) is 10.9. The number of benzene rings is 1. The quantitative estimate of drug-likeness (QED) is 0.786. The summed E-state index contributed by atoms with van der Waals surface area (Å²) in [5.41, 5.74) is 4.38. The monoisotopic (exact) mass is 246 g/mol. The molecule has 2 aromatic rings. The van der Waals surface area contributed by atoms with Gasteiger partial charge in [-0.1, -0.05) is 17.7 Å². The average Bonchev–Trinajstić information content (AvgIpc) is 2.19. The third kappa shape index (κ3) is 2.22. The summed E-state index contributed by atoms with van der Waals surface area (Å²) in [5, 5.41) is 0. The summed E-state index contributed by atoms with van der Waals surface area (Å²) < 4.78 is 2.26. The van der Waals surface area contributed by atoms with Crippen LogP contribution in [0, 0.1) is 25.5 Å². The molecule has 4 heteroatoms. The fourth-order valence-corrected chi connectivity index (χ4v) is 2.40. The molecule has 0 aliphatic rings. The molecule has 0 aliphatic heterocycles. The lowest BCUT2D eigenvalue weighted by Crippen LogP contribution is -2.11. The van der Waals surface area contributed by atoms with E-state index in [-0.39, 0.29) is 5.56 Å². The van der Waals surface area contributed by atoms with E-state index in [4.69, 9.17) is 12.2 Å². The van der Waals surface area contributed by atoms with Crippen molar-refractivity contribution in [2.75, 3.05) is 0 Å². The Morgan fingerprint density at radius 1 is 1.18 bits per heavy atom. The second-order valence-corrected chi connectivity index (χ2v) is 4.61. The molecule has 0 radical (unpaired) electrons. The normalized spacial score (nSPS) is 10.5. The van der Waals surface area contributed by atoms with Gasteiger partial charge in [-0.2, -0.15) is 0 Å². The topological polar surface area (TPSA) is 37.8 Å². The number of aromatic amines is 1. The van der Waals surface area contributed by atoms with E-state index >= 15 is 0 Å². The summed E-state index contributed by atoms with van der Waals surface area (Å²) >= 11 is 5.18. The van der Waals surface area contributed by atoms with Gasteiger partial charge < -0.3 is 0 Å². The molecule has 0 fully saturated rings. The summed E-state index contributed by atoms with van der Waals surface area (Å²) in [6, 6.07) is 5.69. The van der Waals surface area contributed by atoms with Gasteiger partial charge in [0.25, 0.3) is 5.56 Å². The van der Waals surface area contributed by atoms with Crippen molar-refractivity contribution in [2.24, 2.45) is 0 Å². The minimum Gasteiger partial charge on any atom is -0.299 e. The largest absolute Gasteiger partial charge is 0.299 e. The molecule has 1 aromatic heterocycles. The van der Waals surface area contributed by atoms with Gasteiger partial charge in [0.2, 0.25) is 0 Å². The molecule has 1 N–H and O–H groups in total. The van der Waals surface area contributed by atoms with Gasteiger partial charge in [-0.3, -0.25) is 14.3 Å². The highest BCUT2D eigenvalue weighted by molar-refractivity contribution is 7.71. The highest BCUT2D eigenvalue weighted by Gasteiger charge is 2.06. The number of nitrogens with one attached hydrogen (secondary N) is 1. The maximum Gasteiger partial charge on any atom is 0.251 e. The van der Waals surface area contributed by atoms with Crippen LogP contribution in [0.4, 0.5) is 0 Å². The smallest absolute Gasteiger partial charge is 0.251 e. The van der Waals surface area contributed by atoms with Crippen LogP contribution in [0.1, 0.15) is 16.7 Å². The molecule has 0 aliphatic carbocycles. The highest BCUT2D eigenvalue weighted by Crippen LogP contribution is 2.20. The lowest BCUT2D eigenvalue weighted by Gasteiger charge is -2.13. The molecule has 0 bridgehead atoms. The van der Waals surface area contributed by atoms with Crippen molar-refractivity contribution in [3.8, 4) is 5.69 Å². The number of nitrogens with zero attached hydrogens (tertiary/aromatic N) is 1. The molecule has 0 unspecified atom stereocenters. The molecule has 1 aromatic carbocycles. The predicted octanol–water partition coefficient (Wildman–Crippen LogP) is 2.82. The van der Waals surface area contributed by atoms with E-state index in [1.54, 1.807) is 6.20 Å². The van der Waals surface area contributed by atoms with Gasteiger partial charge in [0.05, 0.1) is 5.69 Å². The molecule has 17 heavy (non-hydrogen) atoms. The van der Waals surface area contributed by atoms with Crippen LogP contribution < -0.4 is 5.56 Å². The zero-order chi connectivity index (χ0) is 12.6. The Balaban J connectivity index is 2.77. The Morgan fingerprint density at radius 2 is 1.76 bits per heavy atom. The van der Waals surface area contributed by atoms with Crippen LogP contribution in [0.5, 0.6) is 0 Å². The maximum atomic E-state index is 11.2. The van der Waals surface area contributed by atoms with Crippen molar-refractivity contribution >= 4 is 12.2 Å². The van der Waals surface area contributed by atoms with Crippen molar-refractivity contribution in [3.05, 3.63) is 56.2 Å². The van der Waals surface area contributed by atoms with Gasteiger partial charge in [-0.05, 0) is 44.1 Å². The Bertz CT molecular complexity index is 659. The Morgan fingerprint density at radius 3 is 2.29 bits per heavy atom. The van der Waals surface area contributed by atoms with Crippen molar-refractivity contribution in [2.45, 2.75) is 20.8 Å². The summed E-state index contributed by atoms with van der Waals surface area (Å²) in [6.07, 6.45) is 1.71. The number of aryl methyl sites for hydroxylation is 3. The first kappa shape index (κ1) is 11.8. The fourth-order valence-electron chi connectivity index (χ4n) is 2.15. The lowest BCUT2D eigenvalue weighted by molar-refractivity contribution is 0.919. The van der Waals surface area contributed by atoms with E-state index in [1.165, 1.54) is 11.6 Å².